The molecule has 0 aliphatic heterocycles. The molecule has 0 unspecified atom stereocenters. The van der Waals surface area contributed by atoms with Crippen LogP contribution < -0.4 is 4.74 Å². The van der Waals surface area contributed by atoms with Crippen molar-refractivity contribution >= 4 is 5.69 Å². The van der Waals surface area contributed by atoms with Crippen molar-refractivity contribution in [3.05, 3.63) is 69.3 Å². The molecule has 0 saturated heterocycles. The third-order valence-electron chi connectivity index (χ3n) is 2.83. The first-order valence-corrected chi connectivity index (χ1v) is 5.97. The Balaban J connectivity index is 2.23. The summed E-state index contributed by atoms with van der Waals surface area (Å²) in [6.45, 7) is 1.94. The lowest BCUT2D eigenvalue weighted by Crippen LogP contribution is -2.01. The highest BCUT2D eigenvalue weighted by Crippen LogP contribution is 2.30. The Morgan fingerprint density at radius 3 is 2.75 bits per heavy atom. The monoisotopic (exact) mass is 268 g/mol. The third kappa shape index (κ3) is 2.93. The number of nitrogens with zero attached hydrogens (tertiary/aromatic N) is 2. The minimum atomic E-state index is -0.464. The Hall–Kier alpha value is -2.87. The maximum atomic E-state index is 11.0. The van der Waals surface area contributed by atoms with Gasteiger partial charge in [0, 0.05) is 6.07 Å². The Morgan fingerprint density at radius 1 is 1.30 bits per heavy atom. The number of aryl methyl sites for hydroxylation is 1. The van der Waals surface area contributed by atoms with Crippen molar-refractivity contribution in [2.45, 2.75) is 13.5 Å². The van der Waals surface area contributed by atoms with Crippen LogP contribution in [0, 0.1) is 28.4 Å². The molecule has 0 aliphatic rings. The number of para-hydroxylation sites is 1. The van der Waals surface area contributed by atoms with Crippen LogP contribution in [0.4, 0.5) is 5.69 Å². The second kappa shape index (κ2) is 5.85. The predicted octanol–water partition coefficient (Wildman–Crippen LogP) is 3.35. The summed E-state index contributed by atoms with van der Waals surface area (Å²) in [4.78, 5) is 10.5. The second-order valence-electron chi connectivity index (χ2n) is 4.28. The average molecular weight is 268 g/mol. The zero-order valence-corrected chi connectivity index (χ0v) is 10.9. The van der Waals surface area contributed by atoms with E-state index in [0.717, 1.165) is 5.56 Å². The Morgan fingerprint density at radius 2 is 2.05 bits per heavy atom. The molecule has 2 aromatic rings. The molecule has 100 valence electrons. The van der Waals surface area contributed by atoms with Gasteiger partial charge >= 0.3 is 5.69 Å². The molecule has 2 rings (SSSR count). The van der Waals surface area contributed by atoms with Gasteiger partial charge in [-0.3, -0.25) is 10.1 Å². The molecular weight excluding hydrogens is 256 g/mol. The summed E-state index contributed by atoms with van der Waals surface area (Å²) in [6, 6.07) is 13.8. The van der Waals surface area contributed by atoms with E-state index in [9.17, 15) is 10.1 Å². The fraction of sp³-hybridized carbons (Fsp3) is 0.133. The van der Waals surface area contributed by atoms with Gasteiger partial charge in [0.15, 0.2) is 5.75 Å². The van der Waals surface area contributed by atoms with E-state index in [-0.39, 0.29) is 18.0 Å². The van der Waals surface area contributed by atoms with E-state index in [2.05, 4.69) is 0 Å². The summed E-state index contributed by atoms with van der Waals surface area (Å²) in [5, 5.41) is 19.8. The number of rotatable bonds is 4. The molecule has 0 amide bonds. The number of nitro benzene ring substituents is 1. The molecule has 0 heterocycles. The number of hydrogen-bond acceptors (Lipinski definition) is 4. The molecule has 5 nitrogen and oxygen atoms in total. The van der Waals surface area contributed by atoms with E-state index in [1.807, 2.05) is 12.1 Å². The van der Waals surface area contributed by atoms with Gasteiger partial charge in [0.25, 0.3) is 0 Å². The highest BCUT2D eigenvalue weighted by atomic mass is 16.6. The molecule has 20 heavy (non-hydrogen) atoms. The molecule has 0 radical (unpaired) electrons. The minimum Gasteiger partial charge on any atom is -0.482 e. The van der Waals surface area contributed by atoms with Gasteiger partial charge in [-0.05, 0) is 30.2 Å². The Bertz CT molecular complexity index is 690. The van der Waals surface area contributed by atoms with Crippen molar-refractivity contribution in [2.75, 3.05) is 0 Å². The van der Waals surface area contributed by atoms with Gasteiger partial charge in [0.2, 0.25) is 0 Å². The van der Waals surface area contributed by atoms with Crippen LogP contribution in [0.5, 0.6) is 5.75 Å². The molecule has 0 aromatic heterocycles. The SMILES string of the molecule is Cc1cccc([N+](=O)[O-])c1OCc1cccc(C#N)c1. The summed E-state index contributed by atoms with van der Waals surface area (Å²) in [5.41, 5.74) is 1.98. The summed E-state index contributed by atoms with van der Waals surface area (Å²) in [6.07, 6.45) is 0. The molecule has 2 aromatic carbocycles. The van der Waals surface area contributed by atoms with Crippen molar-refractivity contribution < 1.29 is 9.66 Å². The normalized spacial score (nSPS) is 9.80. The van der Waals surface area contributed by atoms with Gasteiger partial charge in [-0.15, -0.1) is 0 Å². The standard InChI is InChI=1S/C15H12N2O3/c1-11-4-2-7-14(17(18)19)15(11)20-10-13-6-3-5-12(8-13)9-16/h2-8H,10H2,1H3. The maximum absolute atomic E-state index is 11.0. The van der Waals surface area contributed by atoms with E-state index in [0.29, 0.717) is 11.1 Å². The van der Waals surface area contributed by atoms with Crippen LogP contribution in [-0.2, 0) is 6.61 Å². The van der Waals surface area contributed by atoms with Gasteiger partial charge in [0.1, 0.15) is 6.61 Å². The molecule has 0 saturated carbocycles. The maximum Gasteiger partial charge on any atom is 0.311 e. The average Bonchev–Trinajstić information content (AvgIpc) is 2.45. The lowest BCUT2D eigenvalue weighted by Gasteiger charge is -2.09. The van der Waals surface area contributed by atoms with Crippen LogP contribution in [0.15, 0.2) is 42.5 Å². The highest BCUT2D eigenvalue weighted by Gasteiger charge is 2.16. The molecule has 0 atom stereocenters. The van der Waals surface area contributed by atoms with Crippen LogP contribution >= 0.6 is 0 Å². The molecule has 5 heteroatoms. The number of ether oxygens (including phenoxy) is 1. The molecule has 0 spiro atoms. The van der Waals surface area contributed by atoms with E-state index in [1.54, 1.807) is 37.3 Å². The topological polar surface area (TPSA) is 76.2 Å². The van der Waals surface area contributed by atoms with E-state index < -0.39 is 4.92 Å². The number of nitriles is 1. The molecule has 0 aliphatic carbocycles. The molecule has 0 N–H and O–H groups in total. The van der Waals surface area contributed by atoms with E-state index in [4.69, 9.17) is 10.00 Å². The number of hydrogen-bond donors (Lipinski definition) is 0. The summed E-state index contributed by atoms with van der Waals surface area (Å²) in [7, 11) is 0. The fourth-order valence-corrected chi connectivity index (χ4v) is 1.85. The smallest absolute Gasteiger partial charge is 0.311 e. The second-order valence-corrected chi connectivity index (χ2v) is 4.28. The summed E-state index contributed by atoms with van der Waals surface area (Å²) < 4.78 is 5.56. The Kier molecular flexibility index (Phi) is 3.96. The minimum absolute atomic E-state index is 0.0542. The first-order chi connectivity index (χ1) is 9.61. The van der Waals surface area contributed by atoms with Gasteiger partial charge in [-0.1, -0.05) is 24.3 Å². The van der Waals surface area contributed by atoms with Crippen molar-refractivity contribution in [2.24, 2.45) is 0 Å². The number of nitro groups is 1. The van der Waals surface area contributed by atoms with Gasteiger partial charge in [-0.25, -0.2) is 0 Å². The summed E-state index contributed by atoms with van der Waals surface area (Å²) >= 11 is 0. The lowest BCUT2D eigenvalue weighted by molar-refractivity contribution is -0.386. The van der Waals surface area contributed by atoms with Crippen LogP contribution in [0.2, 0.25) is 0 Å². The van der Waals surface area contributed by atoms with Crippen molar-refractivity contribution in [1.82, 2.24) is 0 Å². The summed E-state index contributed by atoms with van der Waals surface area (Å²) in [5.74, 6) is 0.264. The van der Waals surface area contributed by atoms with Crippen molar-refractivity contribution in [3.63, 3.8) is 0 Å². The van der Waals surface area contributed by atoms with Crippen LogP contribution in [-0.4, -0.2) is 4.92 Å². The zero-order chi connectivity index (χ0) is 14.5. The molecular formula is C15H12N2O3. The molecule has 0 fully saturated rings. The predicted molar refractivity (Wildman–Crippen MR) is 73.3 cm³/mol. The van der Waals surface area contributed by atoms with E-state index >= 15 is 0 Å². The fourth-order valence-electron chi connectivity index (χ4n) is 1.85. The van der Waals surface area contributed by atoms with Gasteiger partial charge < -0.3 is 4.74 Å². The zero-order valence-electron chi connectivity index (χ0n) is 10.9. The van der Waals surface area contributed by atoms with Gasteiger partial charge in [0.05, 0.1) is 16.6 Å². The largest absolute Gasteiger partial charge is 0.482 e. The Labute approximate surface area is 116 Å². The van der Waals surface area contributed by atoms with E-state index in [1.165, 1.54) is 6.07 Å². The van der Waals surface area contributed by atoms with Gasteiger partial charge in [-0.2, -0.15) is 5.26 Å². The van der Waals surface area contributed by atoms with Crippen molar-refractivity contribution in [1.29, 1.82) is 5.26 Å². The quantitative estimate of drug-likeness (QED) is 0.629. The lowest BCUT2D eigenvalue weighted by atomic mass is 10.1. The first kappa shape index (κ1) is 13.6. The highest BCUT2D eigenvalue weighted by molar-refractivity contribution is 5.51. The first-order valence-electron chi connectivity index (χ1n) is 5.97. The van der Waals surface area contributed by atoms with Crippen molar-refractivity contribution in [3.8, 4) is 11.8 Å². The van der Waals surface area contributed by atoms with Crippen LogP contribution in [0.3, 0.4) is 0 Å². The number of benzene rings is 2. The third-order valence-corrected chi connectivity index (χ3v) is 2.83. The molecule has 0 bridgehead atoms. The van der Waals surface area contributed by atoms with Crippen LogP contribution in [0.1, 0.15) is 16.7 Å². The van der Waals surface area contributed by atoms with Crippen LogP contribution in [0.25, 0.3) is 0 Å².